The highest BCUT2D eigenvalue weighted by Gasteiger charge is 2.18. The van der Waals surface area contributed by atoms with Gasteiger partial charge in [0.25, 0.3) is 0 Å². The van der Waals surface area contributed by atoms with Crippen molar-refractivity contribution in [3.05, 3.63) is 11.1 Å². The summed E-state index contributed by atoms with van der Waals surface area (Å²) < 4.78 is 0.785. The summed E-state index contributed by atoms with van der Waals surface area (Å²) in [7, 11) is 0. The zero-order valence-corrected chi connectivity index (χ0v) is 10.9. The minimum Gasteiger partial charge on any atom is -0.132 e. The van der Waals surface area contributed by atoms with Gasteiger partial charge in [0.05, 0.1) is 4.20 Å². The van der Waals surface area contributed by atoms with E-state index in [9.17, 15) is 0 Å². The van der Waals surface area contributed by atoms with Crippen LogP contribution in [0.15, 0.2) is 11.1 Å². The van der Waals surface area contributed by atoms with Crippen LogP contribution in [0.2, 0.25) is 0 Å². The largest absolute Gasteiger partial charge is 0.132 e. The van der Waals surface area contributed by atoms with Crippen LogP contribution in [0.1, 0.15) is 52.4 Å². The van der Waals surface area contributed by atoms with Crippen molar-refractivity contribution in [1.29, 1.82) is 0 Å². The van der Waals surface area contributed by atoms with E-state index in [-0.39, 0.29) is 0 Å². The van der Waals surface area contributed by atoms with Crippen molar-refractivity contribution in [1.82, 2.24) is 0 Å². The fourth-order valence-corrected chi connectivity index (χ4v) is 2.72. The first-order valence-electron chi connectivity index (χ1n) is 5.59. The van der Waals surface area contributed by atoms with Gasteiger partial charge in [-0.2, -0.15) is 0 Å². The lowest BCUT2D eigenvalue weighted by Crippen LogP contribution is -2.11. The summed E-state index contributed by atoms with van der Waals surface area (Å²) >= 11 is 9.42. The minimum absolute atomic E-state index is 0.785. The van der Waals surface area contributed by atoms with Gasteiger partial charge in [0.2, 0.25) is 0 Å². The van der Waals surface area contributed by atoms with Crippen LogP contribution < -0.4 is 0 Å². The van der Waals surface area contributed by atoms with Gasteiger partial charge in [0.1, 0.15) is 0 Å². The monoisotopic (exact) mass is 228 g/mol. The van der Waals surface area contributed by atoms with Crippen molar-refractivity contribution in [2.24, 2.45) is 5.92 Å². The standard InChI is InChI=1S/C12H20S2/c1-3-11(9(2)12(13)14)10-7-5-4-6-8-10/h10H,3-8H2,1-2H3,(H,13,14)/b11-9-. The first-order valence-corrected chi connectivity index (χ1v) is 6.45. The molecule has 0 aromatic carbocycles. The third kappa shape index (κ3) is 3.09. The predicted octanol–water partition coefficient (Wildman–Crippen LogP) is 4.55. The van der Waals surface area contributed by atoms with Crippen molar-refractivity contribution >= 4 is 29.0 Å². The van der Waals surface area contributed by atoms with Gasteiger partial charge >= 0.3 is 0 Å². The van der Waals surface area contributed by atoms with Gasteiger partial charge in [0, 0.05) is 0 Å². The van der Waals surface area contributed by atoms with Gasteiger partial charge in [-0.05, 0) is 37.7 Å². The highest BCUT2D eigenvalue weighted by atomic mass is 32.1. The molecular formula is C12H20S2. The molecule has 0 amide bonds. The zero-order valence-electron chi connectivity index (χ0n) is 9.18. The molecule has 1 aliphatic carbocycles. The number of thiocarbonyl (C=S) groups is 1. The lowest BCUT2D eigenvalue weighted by Gasteiger charge is -2.25. The molecular weight excluding hydrogens is 208 g/mol. The zero-order chi connectivity index (χ0) is 10.6. The minimum atomic E-state index is 0.785. The molecule has 1 rings (SSSR count). The Labute approximate surface area is 98.6 Å². The van der Waals surface area contributed by atoms with Gasteiger partial charge in [-0.15, -0.1) is 12.6 Å². The maximum atomic E-state index is 5.14. The summed E-state index contributed by atoms with van der Waals surface area (Å²) in [5.41, 5.74) is 2.82. The maximum absolute atomic E-state index is 5.14. The van der Waals surface area contributed by atoms with Crippen LogP contribution >= 0.6 is 24.8 Å². The Balaban J connectivity index is 2.78. The third-order valence-electron chi connectivity index (χ3n) is 3.28. The lowest BCUT2D eigenvalue weighted by atomic mass is 9.81. The Morgan fingerprint density at radius 1 is 1.29 bits per heavy atom. The summed E-state index contributed by atoms with van der Waals surface area (Å²) in [5, 5.41) is 0. The van der Waals surface area contributed by atoms with Crippen LogP contribution in [0.4, 0.5) is 0 Å². The summed E-state index contributed by atoms with van der Waals surface area (Å²) in [6, 6.07) is 0. The number of thiol groups is 1. The molecule has 0 aromatic rings. The number of rotatable bonds is 3. The molecule has 0 radical (unpaired) electrons. The summed E-state index contributed by atoms with van der Waals surface area (Å²) in [6.45, 7) is 4.36. The van der Waals surface area contributed by atoms with E-state index in [0.29, 0.717) is 0 Å². The second kappa shape index (κ2) is 5.92. The molecule has 0 aromatic heterocycles. The SMILES string of the molecule is CC/C(=C(\C)C(=S)S)C1CCCCC1. The molecule has 0 nitrogen and oxygen atoms in total. The van der Waals surface area contributed by atoms with Crippen LogP contribution in [-0.2, 0) is 0 Å². The molecule has 0 spiro atoms. The Morgan fingerprint density at radius 2 is 1.86 bits per heavy atom. The predicted molar refractivity (Wildman–Crippen MR) is 71.2 cm³/mol. The highest BCUT2D eigenvalue weighted by Crippen LogP contribution is 2.33. The number of allylic oxidation sites excluding steroid dienone is 1. The summed E-state index contributed by atoms with van der Waals surface area (Å²) in [6.07, 6.45) is 8.05. The quantitative estimate of drug-likeness (QED) is 0.420. The molecule has 0 unspecified atom stereocenters. The molecule has 0 aliphatic heterocycles. The average molecular weight is 228 g/mol. The van der Waals surface area contributed by atoms with Crippen molar-refractivity contribution in [3.63, 3.8) is 0 Å². The third-order valence-corrected chi connectivity index (χ3v) is 3.92. The molecule has 1 saturated carbocycles. The van der Waals surface area contributed by atoms with Gasteiger partial charge in [-0.1, -0.05) is 44.0 Å². The Bertz CT molecular complexity index is 235. The average Bonchev–Trinajstić information content (AvgIpc) is 2.20. The van der Waals surface area contributed by atoms with Crippen LogP contribution in [0.5, 0.6) is 0 Å². The molecule has 0 atom stereocenters. The van der Waals surface area contributed by atoms with Crippen LogP contribution in [0.25, 0.3) is 0 Å². The van der Waals surface area contributed by atoms with E-state index in [1.165, 1.54) is 37.7 Å². The van der Waals surface area contributed by atoms with E-state index >= 15 is 0 Å². The van der Waals surface area contributed by atoms with Gasteiger partial charge in [0.15, 0.2) is 0 Å². The van der Waals surface area contributed by atoms with E-state index in [4.69, 9.17) is 12.2 Å². The molecule has 0 N–H and O–H groups in total. The van der Waals surface area contributed by atoms with E-state index < -0.39 is 0 Å². The Morgan fingerprint density at radius 3 is 2.29 bits per heavy atom. The van der Waals surface area contributed by atoms with Crippen LogP contribution in [0, 0.1) is 5.92 Å². The lowest BCUT2D eigenvalue weighted by molar-refractivity contribution is 0.395. The first kappa shape index (κ1) is 12.3. The second-order valence-electron chi connectivity index (χ2n) is 4.14. The van der Waals surface area contributed by atoms with Gasteiger partial charge in [-0.3, -0.25) is 0 Å². The molecule has 0 bridgehead atoms. The van der Waals surface area contributed by atoms with Crippen LogP contribution in [0.3, 0.4) is 0 Å². The molecule has 80 valence electrons. The summed E-state index contributed by atoms with van der Waals surface area (Å²) in [5.74, 6) is 0.791. The van der Waals surface area contributed by atoms with E-state index in [0.717, 1.165) is 16.5 Å². The topological polar surface area (TPSA) is 0 Å². The molecule has 0 heterocycles. The first-order chi connectivity index (χ1) is 6.66. The second-order valence-corrected chi connectivity index (χ2v) is 5.30. The fourth-order valence-electron chi connectivity index (χ4n) is 2.45. The van der Waals surface area contributed by atoms with Gasteiger partial charge in [-0.25, -0.2) is 0 Å². The van der Waals surface area contributed by atoms with Gasteiger partial charge < -0.3 is 0 Å². The van der Waals surface area contributed by atoms with Crippen LogP contribution in [-0.4, -0.2) is 4.20 Å². The number of hydrogen-bond acceptors (Lipinski definition) is 1. The normalized spacial score (nSPS) is 20.5. The van der Waals surface area contributed by atoms with Crippen molar-refractivity contribution < 1.29 is 0 Å². The molecule has 2 heteroatoms. The molecule has 1 fully saturated rings. The summed E-state index contributed by atoms with van der Waals surface area (Å²) in [4.78, 5) is 0. The molecule has 1 aliphatic rings. The number of hydrogen-bond donors (Lipinski definition) is 1. The van der Waals surface area contributed by atoms with Crippen molar-refractivity contribution in [2.75, 3.05) is 0 Å². The molecule has 0 saturated heterocycles. The highest BCUT2D eigenvalue weighted by molar-refractivity contribution is 8.11. The fraction of sp³-hybridized carbons (Fsp3) is 0.750. The Hall–Kier alpha value is 0.180. The molecule has 14 heavy (non-hydrogen) atoms. The van der Waals surface area contributed by atoms with E-state index in [1.807, 2.05) is 0 Å². The van der Waals surface area contributed by atoms with Crippen molar-refractivity contribution in [3.8, 4) is 0 Å². The Kier molecular flexibility index (Phi) is 5.18. The van der Waals surface area contributed by atoms with E-state index in [1.54, 1.807) is 5.57 Å². The van der Waals surface area contributed by atoms with Crippen molar-refractivity contribution in [2.45, 2.75) is 52.4 Å². The van der Waals surface area contributed by atoms with E-state index in [2.05, 4.69) is 26.5 Å². The maximum Gasteiger partial charge on any atom is 0.0704 e. The smallest absolute Gasteiger partial charge is 0.0704 e.